The minimum atomic E-state index is -0.125. The summed E-state index contributed by atoms with van der Waals surface area (Å²) < 4.78 is 0. The summed E-state index contributed by atoms with van der Waals surface area (Å²) in [5.74, 6) is 0. The molecule has 1 aliphatic rings. The van der Waals surface area contributed by atoms with E-state index in [0.717, 1.165) is 0 Å². The van der Waals surface area contributed by atoms with Crippen molar-refractivity contribution in [2.45, 2.75) is 19.3 Å². The van der Waals surface area contributed by atoms with E-state index in [1.54, 1.807) is 0 Å². The smallest absolute Gasteiger partial charge is 0.0165 e. The Morgan fingerprint density at radius 1 is 0.302 bits per heavy atom. The molecule has 0 atom stereocenters. The van der Waals surface area contributed by atoms with Gasteiger partial charge in [-0.1, -0.05) is 184 Å². The summed E-state index contributed by atoms with van der Waals surface area (Å²) in [5.41, 5.74) is 13.1. The van der Waals surface area contributed by atoms with Gasteiger partial charge >= 0.3 is 0 Å². The van der Waals surface area contributed by atoms with Crippen LogP contribution in [-0.4, -0.2) is 0 Å². The molecule has 0 aromatic heterocycles. The molecule has 0 nitrogen and oxygen atoms in total. The van der Waals surface area contributed by atoms with Crippen molar-refractivity contribution in [3.63, 3.8) is 0 Å². The summed E-state index contributed by atoms with van der Waals surface area (Å²) in [6.07, 6.45) is 0. The van der Waals surface area contributed by atoms with Gasteiger partial charge in [-0.25, -0.2) is 0 Å². The highest BCUT2D eigenvalue weighted by atomic mass is 14.4. The van der Waals surface area contributed by atoms with E-state index in [1.807, 2.05) is 0 Å². The van der Waals surface area contributed by atoms with Crippen LogP contribution >= 0.6 is 0 Å². The maximum Gasteiger partial charge on any atom is 0.0165 e. The zero-order valence-electron chi connectivity index (χ0n) is 29.8. The molecule has 10 aromatic rings. The van der Waals surface area contributed by atoms with E-state index in [9.17, 15) is 0 Å². The third kappa shape index (κ3) is 4.30. The second kappa shape index (κ2) is 11.2. The first-order chi connectivity index (χ1) is 26.1. The predicted molar refractivity (Wildman–Crippen MR) is 228 cm³/mol. The van der Waals surface area contributed by atoms with Gasteiger partial charge in [-0.2, -0.15) is 0 Å². The van der Waals surface area contributed by atoms with Gasteiger partial charge in [-0.3, -0.25) is 0 Å². The molecule has 0 N–H and O–H groups in total. The molecule has 10 aromatic carbocycles. The molecule has 53 heavy (non-hydrogen) atoms. The fourth-order valence-corrected chi connectivity index (χ4v) is 9.72. The first kappa shape index (κ1) is 30.2. The van der Waals surface area contributed by atoms with E-state index >= 15 is 0 Å². The number of hydrogen-bond donors (Lipinski definition) is 0. The SMILES string of the molecule is CC1(C)c2cccc(-c3c4ccccc4c(-c4cccc(-c5cc6ccccc6c6ccccc56)c4)c4ccccc34)c2-c2ccc3ccccc3c21. The van der Waals surface area contributed by atoms with Crippen molar-refractivity contribution in [1.29, 1.82) is 0 Å². The van der Waals surface area contributed by atoms with Crippen LogP contribution in [-0.2, 0) is 5.41 Å². The topological polar surface area (TPSA) is 0 Å². The molecular weight excluding hydrogens is 637 g/mol. The van der Waals surface area contributed by atoms with Crippen LogP contribution in [0.15, 0.2) is 182 Å². The lowest BCUT2D eigenvalue weighted by Gasteiger charge is -2.23. The zero-order valence-corrected chi connectivity index (χ0v) is 29.8. The Bertz CT molecular complexity index is 3080. The lowest BCUT2D eigenvalue weighted by Crippen LogP contribution is -2.15. The first-order valence-electron chi connectivity index (χ1n) is 18.7. The number of fused-ring (bicyclic) bond motifs is 10. The van der Waals surface area contributed by atoms with Crippen LogP contribution in [0.3, 0.4) is 0 Å². The highest BCUT2D eigenvalue weighted by molar-refractivity contribution is 6.23. The van der Waals surface area contributed by atoms with Crippen molar-refractivity contribution in [2.24, 2.45) is 0 Å². The fraction of sp³-hybridized carbons (Fsp3) is 0.0566. The maximum atomic E-state index is 2.41. The predicted octanol–water partition coefficient (Wildman–Crippen LogP) is 14.8. The summed E-state index contributed by atoms with van der Waals surface area (Å²) >= 11 is 0. The standard InChI is InChI=1S/C53H36/c1-53(2)48-28-14-27-45(51(48)46-30-29-33-15-3-6-20-38(33)52(46)53)50-43-25-11-9-23-41(43)49(42-24-10-12-26-44(42)50)36-18-13-17-34(31-36)47-32-35-16-4-5-19-37(35)39-21-7-8-22-40(39)47/h3-32H,1-2H3. The lowest BCUT2D eigenvalue weighted by molar-refractivity contribution is 0.666. The summed E-state index contributed by atoms with van der Waals surface area (Å²) in [6, 6.07) is 67.8. The van der Waals surface area contributed by atoms with Crippen molar-refractivity contribution in [2.75, 3.05) is 0 Å². The number of rotatable bonds is 3. The third-order valence-corrected chi connectivity index (χ3v) is 12.0. The lowest BCUT2D eigenvalue weighted by atomic mass is 9.79. The average Bonchev–Trinajstić information content (AvgIpc) is 3.46. The Balaban J connectivity index is 1.19. The number of benzene rings is 10. The monoisotopic (exact) mass is 672 g/mol. The van der Waals surface area contributed by atoms with Crippen LogP contribution < -0.4 is 0 Å². The van der Waals surface area contributed by atoms with Crippen LogP contribution in [0.1, 0.15) is 25.0 Å². The Labute approximate surface area is 309 Å². The van der Waals surface area contributed by atoms with E-state index in [0.29, 0.717) is 0 Å². The zero-order chi connectivity index (χ0) is 35.3. The number of hydrogen-bond acceptors (Lipinski definition) is 0. The van der Waals surface area contributed by atoms with Gasteiger partial charge in [-0.05, 0) is 122 Å². The van der Waals surface area contributed by atoms with Crippen molar-refractivity contribution in [3.05, 3.63) is 193 Å². The van der Waals surface area contributed by atoms with Gasteiger partial charge < -0.3 is 0 Å². The molecule has 0 heteroatoms. The molecule has 1 aliphatic carbocycles. The van der Waals surface area contributed by atoms with E-state index in [4.69, 9.17) is 0 Å². The Hall–Kier alpha value is -6.50. The average molecular weight is 673 g/mol. The van der Waals surface area contributed by atoms with Crippen LogP contribution in [0, 0.1) is 0 Å². The van der Waals surface area contributed by atoms with Crippen LogP contribution in [0.4, 0.5) is 0 Å². The summed E-state index contributed by atoms with van der Waals surface area (Å²) in [4.78, 5) is 0. The maximum absolute atomic E-state index is 2.41. The largest absolute Gasteiger partial charge is 0.0616 e. The molecule has 0 saturated heterocycles. The van der Waals surface area contributed by atoms with Crippen LogP contribution in [0.25, 0.3) is 98.4 Å². The van der Waals surface area contributed by atoms with Gasteiger partial charge in [0.25, 0.3) is 0 Å². The Kier molecular flexibility index (Phi) is 6.40. The molecule has 0 radical (unpaired) electrons. The highest BCUT2D eigenvalue weighted by Crippen LogP contribution is 2.56. The van der Waals surface area contributed by atoms with Gasteiger partial charge in [0.05, 0.1) is 0 Å². The van der Waals surface area contributed by atoms with Crippen LogP contribution in [0.2, 0.25) is 0 Å². The van der Waals surface area contributed by atoms with E-state index in [2.05, 4.69) is 196 Å². The normalized spacial score (nSPS) is 13.2. The molecule has 0 amide bonds. The quantitative estimate of drug-likeness (QED) is 0.129. The van der Waals surface area contributed by atoms with Gasteiger partial charge in [-0.15, -0.1) is 0 Å². The van der Waals surface area contributed by atoms with Gasteiger partial charge in [0, 0.05) is 5.41 Å². The molecule has 0 unspecified atom stereocenters. The van der Waals surface area contributed by atoms with Crippen molar-refractivity contribution >= 4 is 53.9 Å². The molecule has 248 valence electrons. The second-order valence-electron chi connectivity index (χ2n) is 15.2. The Morgan fingerprint density at radius 3 is 1.57 bits per heavy atom. The van der Waals surface area contributed by atoms with Crippen molar-refractivity contribution in [1.82, 2.24) is 0 Å². The fourth-order valence-electron chi connectivity index (χ4n) is 9.72. The molecule has 11 rings (SSSR count). The Morgan fingerprint density at radius 2 is 0.849 bits per heavy atom. The molecule has 0 aliphatic heterocycles. The van der Waals surface area contributed by atoms with Crippen molar-refractivity contribution in [3.8, 4) is 44.5 Å². The molecule has 0 heterocycles. The van der Waals surface area contributed by atoms with E-state index in [1.165, 1.54) is 109 Å². The molecular formula is C53H36. The summed E-state index contributed by atoms with van der Waals surface area (Å²) in [6.45, 7) is 4.80. The van der Waals surface area contributed by atoms with Crippen LogP contribution in [0.5, 0.6) is 0 Å². The van der Waals surface area contributed by atoms with Gasteiger partial charge in [0.15, 0.2) is 0 Å². The second-order valence-corrected chi connectivity index (χ2v) is 15.2. The first-order valence-corrected chi connectivity index (χ1v) is 18.7. The minimum Gasteiger partial charge on any atom is -0.0616 e. The molecule has 0 bridgehead atoms. The highest BCUT2D eigenvalue weighted by Gasteiger charge is 2.38. The molecule has 0 fully saturated rings. The minimum absolute atomic E-state index is 0.125. The van der Waals surface area contributed by atoms with Gasteiger partial charge in [0.2, 0.25) is 0 Å². The molecule has 0 saturated carbocycles. The van der Waals surface area contributed by atoms with E-state index < -0.39 is 0 Å². The summed E-state index contributed by atoms with van der Waals surface area (Å²) in [5, 5.41) is 12.9. The third-order valence-electron chi connectivity index (χ3n) is 12.0. The van der Waals surface area contributed by atoms with E-state index in [-0.39, 0.29) is 5.41 Å². The van der Waals surface area contributed by atoms with Gasteiger partial charge in [0.1, 0.15) is 0 Å². The molecule has 0 spiro atoms. The summed E-state index contributed by atoms with van der Waals surface area (Å²) in [7, 11) is 0. The van der Waals surface area contributed by atoms with Crippen molar-refractivity contribution < 1.29 is 0 Å².